The number of sulfonamides is 1. The van der Waals surface area contributed by atoms with E-state index in [1.165, 1.54) is 12.8 Å². The van der Waals surface area contributed by atoms with Crippen molar-refractivity contribution in [3.63, 3.8) is 0 Å². The minimum atomic E-state index is -3.44. The van der Waals surface area contributed by atoms with Gasteiger partial charge in [0, 0.05) is 44.1 Å². The van der Waals surface area contributed by atoms with E-state index in [0.29, 0.717) is 24.0 Å². The number of hydrogen-bond donors (Lipinski definition) is 2. The standard InChI is InChI=1S/C14H26N4O2S/c1-3-7-18-11-14(9-13(18)10-15)21(19,20)16-6-8-17(2)12-4-5-12/h9,11-12,16H,3-8,10,15H2,1-2H3. The Hall–Kier alpha value is -0.890. The minimum absolute atomic E-state index is 0.311. The Morgan fingerprint density at radius 1 is 1.48 bits per heavy atom. The van der Waals surface area contributed by atoms with E-state index in [9.17, 15) is 8.42 Å². The number of nitrogens with zero attached hydrogens (tertiary/aromatic N) is 2. The molecule has 1 aliphatic carbocycles. The maximum absolute atomic E-state index is 12.3. The Morgan fingerprint density at radius 3 is 2.76 bits per heavy atom. The summed E-state index contributed by atoms with van der Waals surface area (Å²) in [6.07, 6.45) is 5.07. The molecule has 21 heavy (non-hydrogen) atoms. The fourth-order valence-corrected chi connectivity index (χ4v) is 3.51. The maximum Gasteiger partial charge on any atom is 0.242 e. The molecule has 1 aromatic rings. The molecule has 0 spiro atoms. The molecule has 120 valence electrons. The number of nitrogens with two attached hydrogens (primary N) is 1. The summed E-state index contributed by atoms with van der Waals surface area (Å²) in [6, 6.07) is 2.31. The number of aryl methyl sites for hydroxylation is 1. The van der Waals surface area contributed by atoms with Crippen LogP contribution in [0.2, 0.25) is 0 Å². The lowest BCUT2D eigenvalue weighted by molar-refractivity contribution is 0.329. The lowest BCUT2D eigenvalue weighted by atomic mass is 10.4. The number of aromatic nitrogens is 1. The summed E-state index contributed by atoms with van der Waals surface area (Å²) in [5, 5.41) is 0. The number of likely N-dealkylation sites (N-methyl/N-ethyl adjacent to an activating group) is 1. The molecule has 0 amide bonds. The molecule has 7 heteroatoms. The van der Waals surface area contributed by atoms with Crippen LogP contribution < -0.4 is 10.5 Å². The van der Waals surface area contributed by atoms with Gasteiger partial charge in [-0.05, 0) is 32.4 Å². The van der Waals surface area contributed by atoms with Gasteiger partial charge in [0.05, 0.1) is 4.90 Å². The molecular formula is C14H26N4O2S. The van der Waals surface area contributed by atoms with Crippen LogP contribution in [0.1, 0.15) is 31.9 Å². The lowest BCUT2D eigenvalue weighted by Crippen LogP contribution is -2.33. The van der Waals surface area contributed by atoms with Gasteiger partial charge in [-0.1, -0.05) is 6.92 Å². The van der Waals surface area contributed by atoms with Crippen LogP contribution in [-0.2, 0) is 23.1 Å². The molecule has 0 unspecified atom stereocenters. The van der Waals surface area contributed by atoms with Crippen molar-refractivity contribution in [2.24, 2.45) is 5.73 Å². The summed E-state index contributed by atoms with van der Waals surface area (Å²) < 4.78 is 29.2. The van der Waals surface area contributed by atoms with Crippen molar-refractivity contribution in [1.82, 2.24) is 14.2 Å². The minimum Gasteiger partial charge on any atom is -0.349 e. The fraction of sp³-hybridized carbons (Fsp3) is 0.714. The molecule has 1 fully saturated rings. The summed E-state index contributed by atoms with van der Waals surface area (Å²) in [5.41, 5.74) is 6.53. The van der Waals surface area contributed by atoms with Crippen LogP contribution in [0.25, 0.3) is 0 Å². The van der Waals surface area contributed by atoms with Crippen molar-refractivity contribution < 1.29 is 8.42 Å². The fourth-order valence-electron chi connectivity index (χ4n) is 2.43. The van der Waals surface area contributed by atoms with Crippen LogP contribution in [0.3, 0.4) is 0 Å². The van der Waals surface area contributed by atoms with Crippen LogP contribution in [0.4, 0.5) is 0 Å². The van der Waals surface area contributed by atoms with E-state index in [4.69, 9.17) is 5.73 Å². The molecule has 0 saturated heterocycles. The van der Waals surface area contributed by atoms with Crippen molar-refractivity contribution in [2.75, 3.05) is 20.1 Å². The van der Waals surface area contributed by atoms with Gasteiger partial charge in [0.2, 0.25) is 10.0 Å². The van der Waals surface area contributed by atoms with Crippen LogP contribution in [0.15, 0.2) is 17.2 Å². The van der Waals surface area contributed by atoms with Crippen molar-refractivity contribution in [3.8, 4) is 0 Å². The van der Waals surface area contributed by atoms with Gasteiger partial charge < -0.3 is 15.2 Å². The first kappa shape index (κ1) is 16.5. The molecule has 0 bridgehead atoms. The topological polar surface area (TPSA) is 80.4 Å². The lowest BCUT2D eigenvalue weighted by Gasteiger charge is -2.15. The maximum atomic E-state index is 12.3. The Bertz CT molecular complexity index is 564. The molecule has 6 nitrogen and oxygen atoms in total. The van der Waals surface area contributed by atoms with Gasteiger partial charge in [0.15, 0.2) is 0 Å². The van der Waals surface area contributed by atoms with Crippen molar-refractivity contribution in [2.45, 2.75) is 50.2 Å². The average Bonchev–Trinajstić information content (AvgIpc) is 3.20. The average molecular weight is 314 g/mol. The zero-order chi connectivity index (χ0) is 15.5. The number of rotatable bonds is 9. The van der Waals surface area contributed by atoms with E-state index < -0.39 is 10.0 Å². The normalized spacial score (nSPS) is 15.8. The highest BCUT2D eigenvalue weighted by Gasteiger charge is 2.26. The smallest absolute Gasteiger partial charge is 0.242 e. The molecular weight excluding hydrogens is 288 g/mol. The van der Waals surface area contributed by atoms with Gasteiger partial charge in [-0.3, -0.25) is 0 Å². The predicted molar refractivity (Wildman–Crippen MR) is 83.5 cm³/mol. The van der Waals surface area contributed by atoms with Gasteiger partial charge >= 0.3 is 0 Å². The highest BCUT2D eigenvalue weighted by molar-refractivity contribution is 7.89. The van der Waals surface area contributed by atoms with Gasteiger partial charge in [0.1, 0.15) is 0 Å². The van der Waals surface area contributed by atoms with E-state index in [1.54, 1.807) is 12.3 Å². The second-order valence-electron chi connectivity index (χ2n) is 5.67. The highest BCUT2D eigenvalue weighted by atomic mass is 32.2. The first-order valence-corrected chi connectivity index (χ1v) is 9.05. The molecule has 1 aliphatic rings. The first-order valence-electron chi connectivity index (χ1n) is 7.57. The number of hydrogen-bond acceptors (Lipinski definition) is 4. The van der Waals surface area contributed by atoms with Crippen molar-refractivity contribution in [1.29, 1.82) is 0 Å². The van der Waals surface area contributed by atoms with Gasteiger partial charge in [-0.2, -0.15) is 0 Å². The molecule has 0 radical (unpaired) electrons. The van der Waals surface area contributed by atoms with E-state index >= 15 is 0 Å². The largest absolute Gasteiger partial charge is 0.349 e. The zero-order valence-electron chi connectivity index (χ0n) is 12.9. The zero-order valence-corrected chi connectivity index (χ0v) is 13.7. The third-order valence-electron chi connectivity index (χ3n) is 3.87. The molecule has 1 aromatic heterocycles. The predicted octanol–water partition coefficient (Wildman–Crippen LogP) is 0.729. The monoisotopic (exact) mass is 314 g/mol. The molecule has 2 rings (SSSR count). The van der Waals surface area contributed by atoms with Crippen LogP contribution in [0, 0.1) is 0 Å². The van der Waals surface area contributed by atoms with Gasteiger partial charge in [-0.25, -0.2) is 13.1 Å². The first-order chi connectivity index (χ1) is 9.97. The highest BCUT2D eigenvalue weighted by Crippen LogP contribution is 2.24. The Balaban J connectivity index is 1.97. The quantitative estimate of drug-likeness (QED) is 0.704. The summed E-state index contributed by atoms with van der Waals surface area (Å²) in [4.78, 5) is 2.52. The van der Waals surface area contributed by atoms with Crippen molar-refractivity contribution >= 4 is 10.0 Å². The SMILES string of the molecule is CCCn1cc(S(=O)(=O)NCCN(C)C2CC2)cc1CN. The second kappa shape index (κ2) is 6.91. The van der Waals surface area contributed by atoms with Crippen LogP contribution in [-0.4, -0.2) is 44.1 Å². The summed E-state index contributed by atoms with van der Waals surface area (Å²) >= 11 is 0. The van der Waals surface area contributed by atoms with E-state index in [0.717, 1.165) is 25.2 Å². The van der Waals surface area contributed by atoms with E-state index in [2.05, 4.69) is 16.5 Å². The van der Waals surface area contributed by atoms with Crippen LogP contribution >= 0.6 is 0 Å². The molecule has 1 saturated carbocycles. The summed E-state index contributed by atoms with van der Waals surface area (Å²) in [6.45, 7) is 4.36. The van der Waals surface area contributed by atoms with Crippen molar-refractivity contribution in [3.05, 3.63) is 18.0 Å². The van der Waals surface area contributed by atoms with E-state index in [1.807, 2.05) is 11.6 Å². The molecule has 0 aromatic carbocycles. The number of nitrogens with one attached hydrogen (secondary N) is 1. The van der Waals surface area contributed by atoms with Gasteiger partial charge in [0.25, 0.3) is 0 Å². The second-order valence-corrected chi connectivity index (χ2v) is 7.44. The molecule has 0 aliphatic heterocycles. The Morgan fingerprint density at radius 2 is 2.19 bits per heavy atom. The van der Waals surface area contributed by atoms with E-state index in [-0.39, 0.29) is 0 Å². The molecule has 0 atom stereocenters. The third kappa shape index (κ3) is 4.29. The molecule has 3 N–H and O–H groups in total. The molecule has 1 heterocycles. The summed E-state index contributed by atoms with van der Waals surface area (Å²) in [7, 11) is -1.41. The third-order valence-corrected chi connectivity index (χ3v) is 5.30. The Kier molecular flexibility index (Phi) is 5.43. The summed E-state index contributed by atoms with van der Waals surface area (Å²) in [5.74, 6) is 0. The van der Waals surface area contributed by atoms with Gasteiger partial charge in [-0.15, -0.1) is 0 Å². The Labute approximate surface area is 127 Å². The van der Waals surface area contributed by atoms with Crippen LogP contribution in [0.5, 0.6) is 0 Å².